The molecule has 0 N–H and O–H groups in total. The lowest BCUT2D eigenvalue weighted by Gasteiger charge is -2.39. The van der Waals surface area contributed by atoms with Gasteiger partial charge in [0.05, 0.1) is 0 Å². The van der Waals surface area contributed by atoms with Crippen LogP contribution in [0.15, 0.2) is 66.9 Å². The van der Waals surface area contributed by atoms with Gasteiger partial charge in [0.1, 0.15) is 0 Å². The number of benzene rings is 1. The van der Waals surface area contributed by atoms with E-state index in [9.17, 15) is 4.79 Å². The average molecular weight is 353 g/mol. The van der Waals surface area contributed by atoms with Gasteiger partial charge in [-0.15, -0.1) is 0 Å². The molecular weight excluding hydrogens is 320 g/mol. The second kappa shape index (κ2) is 10.8. The fraction of sp³-hybridized carbons (Fsp3) is 0.435. The first kappa shape index (κ1) is 20.2. The van der Waals surface area contributed by atoms with Crippen molar-refractivity contribution in [1.29, 1.82) is 0 Å². The molecule has 1 aromatic rings. The summed E-state index contributed by atoms with van der Waals surface area (Å²) in [5.74, 6) is 0.193. The van der Waals surface area contributed by atoms with Gasteiger partial charge in [-0.25, -0.2) is 0 Å². The molecule has 1 aromatic carbocycles. The Morgan fingerprint density at radius 2 is 1.96 bits per heavy atom. The van der Waals surface area contributed by atoms with Gasteiger partial charge in [-0.2, -0.15) is 0 Å². The number of hydrogen-bond donors (Lipinski definition) is 0. The van der Waals surface area contributed by atoms with Crippen molar-refractivity contribution in [3.63, 3.8) is 0 Å². The SMILES string of the molecule is C=CC=C(C=CC)N(C(=O)CC)C1CCN(CCc2ccccc2)CC1. The van der Waals surface area contributed by atoms with E-state index in [1.807, 2.05) is 37.0 Å². The topological polar surface area (TPSA) is 23.6 Å². The average Bonchev–Trinajstić information content (AvgIpc) is 2.68. The Kier molecular flexibility index (Phi) is 8.36. The molecule has 0 aromatic heterocycles. The zero-order valence-corrected chi connectivity index (χ0v) is 16.2. The highest BCUT2D eigenvalue weighted by Gasteiger charge is 2.28. The minimum atomic E-state index is 0.193. The minimum Gasteiger partial charge on any atom is -0.309 e. The first-order chi connectivity index (χ1) is 12.7. The molecule has 0 atom stereocenters. The minimum absolute atomic E-state index is 0.193. The molecule has 3 nitrogen and oxygen atoms in total. The van der Waals surface area contributed by atoms with Gasteiger partial charge in [0, 0.05) is 37.8 Å². The smallest absolute Gasteiger partial charge is 0.226 e. The first-order valence-electron chi connectivity index (χ1n) is 9.73. The number of allylic oxidation sites excluding steroid dienone is 4. The summed E-state index contributed by atoms with van der Waals surface area (Å²) < 4.78 is 0. The number of nitrogens with zero attached hydrogens (tertiary/aromatic N) is 2. The van der Waals surface area contributed by atoms with Crippen LogP contribution in [0.4, 0.5) is 0 Å². The van der Waals surface area contributed by atoms with Crippen LogP contribution in [0.1, 0.15) is 38.7 Å². The molecule has 0 spiro atoms. The van der Waals surface area contributed by atoms with Gasteiger partial charge in [-0.05, 0) is 43.9 Å². The molecule has 2 rings (SSSR count). The van der Waals surface area contributed by atoms with E-state index in [0.29, 0.717) is 6.42 Å². The molecule has 1 aliphatic rings. The summed E-state index contributed by atoms with van der Waals surface area (Å²) in [5, 5.41) is 0. The predicted octanol–water partition coefficient (Wildman–Crippen LogP) is 4.58. The Balaban J connectivity index is 1.97. The molecule has 1 aliphatic heterocycles. The second-order valence-corrected chi connectivity index (χ2v) is 6.75. The lowest BCUT2D eigenvalue weighted by Crippen LogP contribution is -2.47. The number of rotatable bonds is 8. The number of hydrogen-bond acceptors (Lipinski definition) is 2. The van der Waals surface area contributed by atoms with E-state index >= 15 is 0 Å². The standard InChI is InChI=1S/C23H32N2O/c1-4-10-21(11-5-2)25(23(26)6-3)22-15-18-24(19-16-22)17-14-20-12-8-7-9-13-20/h4-5,7-13,22H,1,6,14-19H2,2-3H3. The normalized spacial score (nSPS) is 16.8. The van der Waals surface area contributed by atoms with Gasteiger partial charge in [0.2, 0.25) is 5.91 Å². The Hall–Kier alpha value is -2.13. The van der Waals surface area contributed by atoms with Crippen LogP contribution in [0.2, 0.25) is 0 Å². The van der Waals surface area contributed by atoms with Crippen molar-refractivity contribution in [2.75, 3.05) is 19.6 Å². The van der Waals surface area contributed by atoms with Crippen LogP contribution < -0.4 is 0 Å². The van der Waals surface area contributed by atoms with Gasteiger partial charge in [-0.3, -0.25) is 4.79 Å². The summed E-state index contributed by atoms with van der Waals surface area (Å²) in [6, 6.07) is 10.9. The van der Waals surface area contributed by atoms with E-state index < -0.39 is 0 Å². The summed E-state index contributed by atoms with van der Waals surface area (Å²) in [6.45, 7) is 10.9. The number of amides is 1. The molecule has 26 heavy (non-hydrogen) atoms. The number of piperidine rings is 1. The van der Waals surface area contributed by atoms with E-state index in [2.05, 4.69) is 41.8 Å². The fourth-order valence-corrected chi connectivity index (χ4v) is 3.57. The van der Waals surface area contributed by atoms with Crippen LogP contribution in [0.25, 0.3) is 0 Å². The quantitative estimate of drug-likeness (QED) is 0.640. The molecule has 1 heterocycles. The largest absolute Gasteiger partial charge is 0.309 e. The van der Waals surface area contributed by atoms with Gasteiger partial charge in [-0.1, -0.05) is 56.0 Å². The molecule has 0 unspecified atom stereocenters. The van der Waals surface area contributed by atoms with Crippen molar-refractivity contribution in [1.82, 2.24) is 9.80 Å². The van der Waals surface area contributed by atoms with Crippen LogP contribution in [-0.4, -0.2) is 41.4 Å². The third-order valence-corrected chi connectivity index (χ3v) is 4.96. The summed E-state index contributed by atoms with van der Waals surface area (Å²) >= 11 is 0. The van der Waals surface area contributed by atoms with Gasteiger partial charge in [0.25, 0.3) is 0 Å². The van der Waals surface area contributed by atoms with Crippen LogP contribution in [0.3, 0.4) is 0 Å². The van der Waals surface area contributed by atoms with E-state index in [1.54, 1.807) is 6.08 Å². The van der Waals surface area contributed by atoms with E-state index in [0.717, 1.165) is 44.6 Å². The second-order valence-electron chi connectivity index (χ2n) is 6.75. The summed E-state index contributed by atoms with van der Waals surface area (Å²) in [5.41, 5.74) is 2.35. The van der Waals surface area contributed by atoms with Crippen molar-refractivity contribution in [2.24, 2.45) is 0 Å². The molecule has 0 radical (unpaired) electrons. The van der Waals surface area contributed by atoms with Gasteiger partial charge >= 0.3 is 0 Å². The highest BCUT2D eigenvalue weighted by atomic mass is 16.2. The van der Waals surface area contributed by atoms with E-state index in [-0.39, 0.29) is 11.9 Å². The van der Waals surface area contributed by atoms with Crippen molar-refractivity contribution in [2.45, 2.75) is 45.6 Å². The Morgan fingerprint density at radius 1 is 1.27 bits per heavy atom. The molecule has 0 saturated carbocycles. The Bertz CT molecular complexity index is 625. The maximum Gasteiger partial charge on any atom is 0.226 e. The Labute approximate surface area is 158 Å². The molecule has 1 amide bonds. The zero-order chi connectivity index (χ0) is 18.8. The molecule has 3 heteroatoms. The predicted molar refractivity (Wildman–Crippen MR) is 110 cm³/mol. The molecular formula is C23H32N2O. The maximum atomic E-state index is 12.6. The third kappa shape index (κ3) is 5.70. The third-order valence-electron chi connectivity index (χ3n) is 4.96. The first-order valence-corrected chi connectivity index (χ1v) is 9.73. The number of carbonyl (C=O) groups is 1. The maximum absolute atomic E-state index is 12.6. The fourth-order valence-electron chi connectivity index (χ4n) is 3.57. The molecule has 0 aliphatic carbocycles. The van der Waals surface area contributed by atoms with Crippen molar-refractivity contribution in [3.8, 4) is 0 Å². The van der Waals surface area contributed by atoms with Crippen LogP contribution >= 0.6 is 0 Å². The summed E-state index contributed by atoms with van der Waals surface area (Å²) in [6.07, 6.45) is 11.4. The molecule has 1 saturated heterocycles. The number of carbonyl (C=O) groups excluding carboxylic acids is 1. The van der Waals surface area contributed by atoms with E-state index in [1.165, 1.54) is 5.56 Å². The molecule has 140 valence electrons. The zero-order valence-electron chi connectivity index (χ0n) is 16.2. The van der Waals surface area contributed by atoms with Crippen molar-refractivity contribution >= 4 is 5.91 Å². The monoisotopic (exact) mass is 352 g/mol. The lowest BCUT2D eigenvalue weighted by molar-refractivity contribution is -0.131. The molecule has 0 bridgehead atoms. The highest BCUT2D eigenvalue weighted by Crippen LogP contribution is 2.23. The Morgan fingerprint density at radius 3 is 2.54 bits per heavy atom. The number of likely N-dealkylation sites (tertiary alicyclic amines) is 1. The van der Waals surface area contributed by atoms with Crippen LogP contribution in [0.5, 0.6) is 0 Å². The molecule has 1 fully saturated rings. The van der Waals surface area contributed by atoms with Crippen molar-refractivity contribution in [3.05, 3.63) is 72.5 Å². The van der Waals surface area contributed by atoms with Crippen LogP contribution in [-0.2, 0) is 11.2 Å². The van der Waals surface area contributed by atoms with Crippen LogP contribution in [0, 0.1) is 0 Å². The van der Waals surface area contributed by atoms with Gasteiger partial charge < -0.3 is 9.80 Å². The van der Waals surface area contributed by atoms with Crippen molar-refractivity contribution < 1.29 is 4.79 Å². The lowest BCUT2D eigenvalue weighted by atomic mass is 10.0. The van der Waals surface area contributed by atoms with Gasteiger partial charge in [0.15, 0.2) is 0 Å². The van der Waals surface area contributed by atoms with E-state index in [4.69, 9.17) is 0 Å². The summed E-state index contributed by atoms with van der Waals surface area (Å²) in [7, 11) is 0. The summed E-state index contributed by atoms with van der Waals surface area (Å²) in [4.78, 5) is 17.1. The highest BCUT2D eigenvalue weighted by molar-refractivity contribution is 5.78.